The van der Waals surface area contributed by atoms with E-state index in [0.29, 0.717) is 22.9 Å². The minimum Gasteiger partial charge on any atom is -0.495 e. The van der Waals surface area contributed by atoms with Gasteiger partial charge in [-0.15, -0.1) is 0 Å². The number of hydrogen-bond acceptors (Lipinski definition) is 5. The van der Waals surface area contributed by atoms with Crippen molar-refractivity contribution in [2.24, 2.45) is 0 Å². The van der Waals surface area contributed by atoms with E-state index in [2.05, 4.69) is 33.6 Å². The summed E-state index contributed by atoms with van der Waals surface area (Å²) in [6.07, 6.45) is 3.91. The summed E-state index contributed by atoms with van der Waals surface area (Å²) >= 11 is 0. The molecular weight excluding hydrogens is 340 g/mol. The molecular formula is C21H22N4O2. The fourth-order valence-corrected chi connectivity index (χ4v) is 2.69. The number of aromatic nitrogens is 2. The summed E-state index contributed by atoms with van der Waals surface area (Å²) in [6.45, 7) is 4.04. The summed E-state index contributed by atoms with van der Waals surface area (Å²) in [5.74, 6) is 0.754. The third kappa shape index (κ3) is 4.41. The molecule has 0 spiro atoms. The minimum atomic E-state index is -0.292. The maximum Gasteiger partial charge on any atom is 0.258 e. The van der Waals surface area contributed by atoms with Crippen LogP contribution in [0.2, 0.25) is 0 Å². The molecule has 1 amide bonds. The predicted molar refractivity (Wildman–Crippen MR) is 107 cm³/mol. The molecule has 2 N–H and O–H groups in total. The van der Waals surface area contributed by atoms with E-state index in [1.54, 1.807) is 7.11 Å². The second-order valence-corrected chi connectivity index (χ2v) is 6.09. The molecule has 27 heavy (non-hydrogen) atoms. The van der Waals surface area contributed by atoms with Crippen LogP contribution >= 0.6 is 0 Å². The first-order valence-corrected chi connectivity index (χ1v) is 8.73. The largest absolute Gasteiger partial charge is 0.495 e. The van der Waals surface area contributed by atoms with E-state index in [-0.39, 0.29) is 5.91 Å². The maximum atomic E-state index is 12.5. The molecule has 1 aromatic heterocycles. The summed E-state index contributed by atoms with van der Waals surface area (Å²) in [6, 6.07) is 13.6. The summed E-state index contributed by atoms with van der Waals surface area (Å²) in [7, 11) is 1.57. The molecule has 1 heterocycles. The number of anilines is 3. The van der Waals surface area contributed by atoms with E-state index in [0.717, 1.165) is 17.7 Å². The van der Waals surface area contributed by atoms with E-state index in [1.807, 2.05) is 43.3 Å². The highest BCUT2D eigenvalue weighted by Gasteiger charge is 2.11. The molecule has 0 saturated heterocycles. The van der Waals surface area contributed by atoms with Crippen molar-refractivity contribution in [1.29, 1.82) is 0 Å². The Morgan fingerprint density at radius 1 is 1.07 bits per heavy atom. The highest BCUT2D eigenvalue weighted by molar-refractivity contribution is 6.04. The van der Waals surface area contributed by atoms with Crippen molar-refractivity contribution in [3.8, 4) is 5.75 Å². The average molecular weight is 362 g/mol. The Morgan fingerprint density at radius 2 is 1.81 bits per heavy atom. The first kappa shape index (κ1) is 18.4. The summed E-state index contributed by atoms with van der Waals surface area (Å²) < 4.78 is 5.29. The van der Waals surface area contributed by atoms with Gasteiger partial charge >= 0.3 is 0 Å². The van der Waals surface area contributed by atoms with E-state index in [1.165, 1.54) is 18.0 Å². The molecule has 0 bridgehead atoms. The highest BCUT2D eigenvalue weighted by Crippen LogP contribution is 2.25. The first-order valence-electron chi connectivity index (χ1n) is 8.73. The zero-order valence-electron chi connectivity index (χ0n) is 15.6. The number of nitrogens with zero attached hydrogens (tertiary/aromatic N) is 2. The van der Waals surface area contributed by atoms with E-state index < -0.39 is 0 Å². The van der Waals surface area contributed by atoms with Crippen LogP contribution in [0.25, 0.3) is 0 Å². The van der Waals surface area contributed by atoms with Crippen molar-refractivity contribution in [3.05, 3.63) is 71.5 Å². The van der Waals surface area contributed by atoms with Gasteiger partial charge in [0.05, 0.1) is 18.4 Å². The van der Waals surface area contributed by atoms with Crippen LogP contribution in [0.3, 0.4) is 0 Å². The molecule has 3 rings (SSSR count). The fraction of sp³-hybridized carbons (Fsp3) is 0.190. The van der Waals surface area contributed by atoms with Gasteiger partial charge in [0.2, 0.25) is 5.95 Å². The maximum absolute atomic E-state index is 12.5. The van der Waals surface area contributed by atoms with Crippen LogP contribution in [0.4, 0.5) is 17.3 Å². The van der Waals surface area contributed by atoms with E-state index in [9.17, 15) is 4.79 Å². The molecule has 6 heteroatoms. The zero-order chi connectivity index (χ0) is 19.2. The van der Waals surface area contributed by atoms with Crippen molar-refractivity contribution < 1.29 is 9.53 Å². The van der Waals surface area contributed by atoms with Crippen LogP contribution in [-0.2, 0) is 6.42 Å². The van der Waals surface area contributed by atoms with Crippen LogP contribution in [0.5, 0.6) is 5.75 Å². The highest BCUT2D eigenvalue weighted by atomic mass is 16.5. The standard InChI is InChI=1S/C21H22N4O2/c1-4-15-7-5-6-8-17(15)25-21-22-12-16(13-23-21)20(26)24-18-11-14(2)9-10-19(18)27-3/h5-13H,4H2,1-3H3,(H,24,26)(H,22,23,25). The van der Waals surface area contributed by atoms with Gasteiger partial charge in [0.1, 0.15) is 5.75 Å². The average Bonchev–Trinajstić information content (AvgIpc) is 2.69. The Labute approximate surface area is 158 Å². The normalized spacial score (nSPS) is 10.3. The van der Waals surface area contributed by atoms with Gasteiger partial charge in [0.25, 0.3) is 5.91 Å². The minimum absolute atomic E-state index is 0.292. The second-order valence-electron chi connectivity index (χ2n) is 6.09. The first-order chi connectivity index (χ1) is 13.1. The molecule has 138 valence electrons. The number of benzene rings is 2. The molecule has 0 aliphatic heterocycles. The third-order valence-electron chi connectivity index (χ3n) is 4.16. The van der Waals surface area contributed by atoms with Crippen LogP contribution < -0.4 is 15.4 Å². The van der Waals surface area contributed by atoms with Gasteiger partial charge in [0.15, 0.2) is 0 Å². The molecule has 2 aromatic carbocycles. The van der Waals surface area contributed by atoms with Crippen molar-refractivity contribution in [1.82, 2.24) is 9.97 Å². The molecule has 0 unspecified atom stereocenters. The van der Waals surface area contributed by atoms with E-state index >= 15 is 0 Å². The molecule has 0 saturated carbocycles. The van der Waals surface area contributed by atoms with Gasteiger partial charge in [-0.2, -0.15) is 0 Å². The van der Waals surface area contributed by atoms with Crippen molar-refractivity contribution in [2.45, 2.75) is 20.3 Å². The molecule has 0 fully saturated rings. The predicted octanol–water partition coefficient (Wildman–Crippen LogP) is 4.35. The Hall–Kier alpha value is -3.41. The lowest BCUT2D eigenvalue weighted by Gasteiger charge is -2.11. The van der Waals surface area contributed by atoms with Gasteiger partial charge in [-0.1, -0.05) is 31.2 Å². The van der Waals surface area contributed by atoms with Gasteiger partial charge in [0, 0.05) is 18.1 Å². The van der Waals surface area contributed by atoms with Gasteiger partial charge in [-0.05, 0) is 42.7 Å². The Morgan fingerprint density at radius 3 is 2.52 bits per heavy atom. The second kappa shape index (κ2) is 8.31. The number of rotatable bonds is 6. The van der Waals surface area contributed by atoms with Gasteiger partial charge in [-0.25, -0.2) is 9.97 Å². The third-order valence-corrected chi connectivity index (χ3v) is 4.16. The number of carbonyl (C=O) groups excluding carboxylic acids is 1. The number of para-hydroxylation sites is 1. The quantitative estimate of drug-likeness (QED) is 0.682. The number of carbonyl (C=O) groups is 1. The molecule has 0 aliphatic carbocycles. The monoisotopic (exact) mass is 362 g/mol. The Bertz CT molecular complexity index is 939. The molecule has 0 aliphatic rings. The van der Waals surface area contributed by atoms with Crippen LogP contribution in [0, 0.1) is 6.92 Å². The van der Waals surface area contributed by atoms with Gasteiger partial charge in [-0.3, -0.25) is 4.79 Å². The zero-order valence-corrected chi connectivity index (χ0v) is 15.6. The van der Waals surface area contributed by atoms with Crippen LogP contribution in [-0.4, -0.2) is 23.0 Å². The molecule has 3 aromatic rings. The van der Waals surface area contributed by atoms with Crippen LogP contribution in [0.1, 0.15) is 28.4 Å². The summed E-state index contributed by atoms with van der Waals surface area (Å²) in [5, 5.41) is 6.03. The lowest BCUT2D eigenvalue weighted by molar-refractivity contribution is 0.102. The number of aryl methyl sites for hydroxylation is 2. The van der Waals surface area contributed by atoms with Gasteiger partial charge < -0.3 is 15.4 Å². The lowest BCUT2D eigenvalue weighted by atomic mass is 10.1. The SMILES string of the molecule is CCc1ccccc1Nc1ncc(C(=O)Nc2cc(C)ccc2OC)cn1. The van der Waals surface area contributed by atoms with Crippen LogP contribution in [0.15, 0.2) is 54.9 Å². The number of nitrogens with one attached hydrogen (secondary N) is 2. The molecule has 0 atom stereocenters. The lowest BCUT2D eigenvalue weighted by Crippen LogP contribution is -2.14. The molecule has 6 nitrogen and oxygen atoms in total. The number of hydrogen-bond donors (Lipinski definition) is 2. The van der Waals surface area contributed by atoms with Crippen molar-refractivity contribution in [3.63, 3.8) is 0 Å². The number of methoxy groups -OCH3 is 1. The molecule has 0 radical (unpaired) electrons. The number of amides is 1. The Balaban J connectivity index is 1.73. The smallest absolute Gasteiger partial charge is 0.258 e. The fourth-order valence-electron chi connectivity index (χ4n) is 2.69. The summed E-state index contributed by atoms with van der Waals surface area (Å²) in [4.78, 5) is 21.0. The number of ether oxygens (including phenoxy) is 1. The topological polar surface area (TPSA) is 76.1 Å². The Kier molecular flexibility index (Phi) is 5.66. The van der Waals surface area contributed by atoms with Crippen molar-refractivity contribution in [2.75, 3.05) is 17.7 Å². The summed E-state index contributed by atoms with van der Waals surface area (Å²) in [5.41, 5.74) is 4.14. The van der Waals surface area contributed by atoms with E-state index in [4.69, 9.17) is 4.74 Å². The van der Waals surface area contributed by atoms with Crippen molar-refractivity contribution >= 4 is 23.2 Å².